The number of amides is 1. The van der Waals surface area contributed by atoms with Gasteiger partial charge in [-0.05, 0) is 96.1 Å². The van der Waals surface area contributed by atoms with Gasteiger partial charge in [-0.3, -0.25) is 4.79 Å². The summed E-state index contributed by atoms with van der Waals surface area (Å²) in [6.45, 7) is 0. The third kappa shape index (κ3) is 4.21. The number of rotatable bonds is 5. The van der Waals surface area contributed by atoms with Crippen LogP contribution in [0.2, 0.25) is 0 Å². The molecule has 0 saturated heterocycles. The zero-order valence-electron chi connectivity index (χ0n) is 17.2. The van der Waals surface area contributed by atoms with E-state index in [0.717, 1.165) is 33.4 Å². The van der Waals surface area contributed by atoms with Crippen molar-refractivity contribution in [1.82, 2.24) is 9.55 Å². The summed E-state index contributed by atoms with van der Waals surface area (Å²) in [6, 6.07) is 17.7. The zero-order chi connectivity index (χ0) is 22.1. The molecule has 2 aromatic carbocycles. The first-order valence-electron chi connectivity index (χ1n) is 10.6. The molecular formula is C25H21FIN3O2. The van der Waals surface area contributed by atoms with Crippen LogP contribution in [0.5, 0.6) is 0 Å². The molecule has 1 saturated carbocycles. The highest BCUT2D eigenvalue weighted by atomic mass is 127. The summed E-state index contributed by atoms with van der Waals surface area (Å²) in [5.41, 5.74) is 3.04. The van der Waals surface area contributed by atoms with Gasteiger partial charge in [0.15, 0.2) is 11.5 Å². The van der Waals surface area contributed by atoms with Crippen molar-refractivity contribution >= 4 is 34.2 Å². The average molecular weight is 541 g/mol. The van der Waals surface area contributed by atoms with E-state index in [9.17, 15) is 9.18 Å². The Kier molecular flexibility index (Phi) is 5.82. The van der Waals surface area contributed by atoms with E-state index in [0.29, 0.717) is 17.5 Å². The standard InChI is InChI=1S/C25H21FIN3O2/c26-17-7-5-16(6-8-17)23-24(30(15-28-23)20-3-1-2-4-20)21-13-14-22(32-21)25(31)29-19-11-9-18(27)10-12-19/h5-15,20H,1-4H2,(H,29,31). The van der Waals surface area contributed by atoms with Gasteiger partial charge in [0.2, 0.25) is 0 Å². The van der Waals surface area contributed by atoms with Crippen molar-refractivity contribution in [3.63, 3.8) is 0 Å². The largest absolute Gasteiger partial charge is 0.449 e. The molecule has 32 heavy (non-hydrogen) atoms. The SMILES string of the molecule is O=C(Nc1ccc(I)cc1)c1ccc(-c2c(-c3ccc(F)cc3)ncn2C2CCCC2)o1. The molecule has 1 N–H and O–H groups in total. The molecule has 0 radical (unpaired) electrons. The minimum Gasteiger partial charge on any atom is -0.449 e. The number of aromatic nitrogens is 2. The summed E-state index contributed by atoms with van der Waals surface area (Å²) >= 11 is 2.22. The molecule has 0 atom stereocenters. The van der Waals surface area contributed by atoms with Gasteiger partial charge in [-0.15, -0.1) is 0 Å². The highest BCUT2D eigenvalue weighted by Crippen LogP contribution is 2.39. The normalized spacial score (nSPS) is 14.1. The van der Waals surface area contributed by atoms with Crippen LogP contribution < -0.4 is 5.32 Å². The number of hydrogen-bond acceptors (Lipinski definition) is 3. The molecule has 0 spiro atoms. The molecule has 5 nitrogen and oxygen atoms in total. The van der Waals surface area contributed by atoms with Crippen LogP contribution in [-0.4, -0.2) is 15.5 Å². The molecule has 7 heteroatoms. The first-order chi connectivity index (χ1) is 15.6. The summed E-state index contributed by atoms with van der Waals surface area (Å²) < 4.78 is 22.7. The van der Waals surface area contributed by atoms with Crippen molar-refractivity contribution in [3.05, 3.63) is 82.1 Å². The Labute approximate surface area is 198 Å². The van der Waals surface area contributed by atoms with Crippen molar-refractivity contribution in [1.29, 1.82) is 0 Å². The molecule has 0 bridgehead atoms. The first-order valence-corrected chi connectivity index (χ1v) is 11.7. The lowest BCUT2D eigenvalue weighted by atomic mass is 10.1. The van der Waals surface area contributed by atoms with Gasteiger partial charge in [-0.25, -0.2) is 9.37 Å². The number of benzene rings is 2. The smallest absolute Gasteiger partial charge is 0.291 e. The van der Waals surface area contributed by atoms with Crippen molar-refractivity contribution in [3.8, 4) is 22.7 Å². The summed E-state index contributed by atoms with van der Waals surface area (Å²) in [4.78, 5) is 17.4. The molecule has 1 amide bonds. The van der Waals surface area contributed by atoms with Gasteiger partial charge in [-0.1, -0.05) is 12.8 Å². The second-order valence-electron chi connectivity index (χ2n) is 7.92. The van der Waals surface area contributed by atoms with Crippen LogP contribution in [0.4, 0.5) is 10.1 Å². The Bertz CT molecular complexity index is 1240. The van der Waals surface area contributed by atoms with Gasteiger partial charge in [0.1, 0.15) is 11.5 Å². The van der Waals surface area contributed by atoms with E-state index >= 15 is 0 Å². The number of carbonyl (C=O) groups is 1. The van der Waals surface area contributed by atoms with Crippen LogP contribution in [-0.2, 0) is 0 Å². The Morgan fingerprint density at radius 3 is 2.47 bits per heavy atom. The predicted octanol–water partition coefficient (Wildman–Crippen LogP) is 6.92. The lowest BCUT2D eigenvalue weighted by Gasteiger charge is -2.15. The van der Waals surface area contributed by atoms with E-state index < -0.39 is 0 Å². The van der Waals surface area contributed by atoms with E-state index in [4.69, 9.17) is 4.42 Å². The summed E-state index contributed by atoms with van der Waals surface area (Å²) in [7, 11) is 0. The zero-order valence-corrected chi connectivity index (χ0v) is 19.4. The summed E-state index contributed by atoms with van der Waals surface area (Å²) in [5, 5.41) is 2.87. The molecule has 2 heterocycles. The van der Waals surface area contributed by atoms with Crippen molar-refractivity contribution in [2.45, 2.75) is 31.7 Å². The van der Waals surface area contributed by atoms with Crippen LogP contribution in [0.3, 0.4) is 0 Å². The number of nitrogens with one attached hydrogen (secondary N) is 1. The molecule has 2 aromatic heterocycles. The van der Waals surface area contributed by atoms with E-state index in [1.165, 1.54) is 25.0 Å². The lowest BCUT2D eigenvalue weighted by molar-refractivity contribution is 0.0997. The van der Waals surface area contributed by atoms with Crippen LogP contribution in [0.1, 0.15) is 42.3 Å². The minimum atomic E-state index is -0.312. The number of hydrogen-bond donors (Lipinski definition) is 1. The van der Waals surface area contributed by atoms with Gasteiger partial charge in [0.25, 0.3) is 5.91 Å². The molecular weight excluding hydrogens is 520 g/mol. The number of furan rings is 1. The van der Waals surface area contributed by atoms with Crippen LogP contribution in [0.25, 0.3) is 22.7 Å². The third-order valence-electron chi connectivity index (χ3n) is 5.79. The van der Waals surface area contributed by atoms with Gasteiger partial charge in [0.05, 0.1) is 12.0 Å². The van der Waals surface area contributed by atoms with Crippen molar-refractivity contribution in [2.24, 2.45) is 0 Å². The number of nitrogens with zero attached hydrogens (tertiary/aromatic N) is 2. The fourth-order valence-corrected chi connectivity index (χ4v) is 4.56. The van der Waals surface area contributed by atoms with E-state index in [1.54, 1.807) is 24.3 Å². The second-order valence-corrected chi connectivity index (χ2v) is 9.16. The topological polar surface area (TPSA) is 60.1 Å². The number of anilines is 1. The van der Waals surface area contributed by atoms with Crippen molar-refractivity contribution < 1.29 is 13.6 Å². The Hall–Kier alpha value is -2.94. The highest BCUT2D eigenvalue weighted by molar-refractivity contribution is 14.1. The van der Waals surface area contributed by atoms with Crippen molar-refractivity contribution in [2.75, 3.05) is 5.32 Å². The molecule has 1 fully saturated rings. The maximum Gasteiger partial charge on any atom is 0.291 e. The number of carbonyl (C=O) groups excluding carboxylic acids is 1. The predicted molar refractivity (Wildman–Crippen MR) is 130 cm³/mol. The molecule has 1 aliphatic rings. The van der Waals surface area contributed by atoms with Crippen LogP contribution >= 0.6 is 22.6 Å². The molecule has 4 aromatic rings. The first kappa shape index (κ1) is 20.9. The Morgan fingerprint density at radius 1 is 1.03 bits per heavy atom. The van der Waals surface area contributed by atoms with Gasteiger partial charge < -0.3 is 14.3 Å². The van der Waals surface area contributed by atoms with Gasteiger partial charge in [-0.2, -0.15) is 0 Å². The maximum absolute atomic E-state index is 13.5. The molecule has 5 rings (SSSR count). The van der Waals surface area contributed by atoms with E-state index in [1.807, 2.05) is 30.6 Å². The summed E-state index contributed by atoms with van der Waals surface area (Å²) in [5.74, 6) is 0.190. The van der Waals surface area contributed by atoms with Gasteiger partial charge >= 0.3 is 0 Å². The Balaban J connectivity index is 1.50. The molecule has 1 aliphatic carbocycles. The van der Waals surface area contributed by atoms with E-state index in [-0.39, 0.29) is 17.5 Å². The van der Waals surface area contributed by atoms with Crippen LogP contribution in [0.15, 0.2) is 71.4 Å². The Morgan fingerprint density at radius 2 is 1.75 bits per heavy atom. The van der Waals surface area contributed by atoms with Gasteiger partial charge in [0, 0.05) is 20.9 Å². The molecule has 0 unspecified atom stereocenters. The summed E-state index contributed by atoms with van der Waals surface area (Å²) in [6.07, 6.45) is 6.34. The van der Waals surface area contributed by atoms with E-state index in [2.05, 4.69) is 37.5 Å². The molecule has 0 aliphatic heterocycles. The third-order valence-corrected chi connectivity index (χ3v) is 6.51. The maximum atomic E-state index is 13.5. The lowest BCUT2D eigenvalue weighted by Crippen LogP contribution is -2.10. The molecule has 162 valence electrons. The minimum absolute atomic E-state index is 0.225. The average Bonchev–Trinajstić information content (AvgIpc) is 3.55. The van der Waals surface area contributed by atoms with Crippen LogP contribution in [0, 0.1) is 9.39 Å². The number of halogens is 2. The quantitative estimate of drug-likeness (QED) is 0.279. The second kappa shape index (κ2) is 8.90. The monoisotopic (exact) mass is 541 g/mol. The fourth-order valence-electron chi connectivity index (χ4n) is 4.20. The number of imidazole rings is 1. The highest BCUT2D eigenvalue weighted by Gasteiger charge is 2.26. The fraction of sp³-hybridized carbons (Fsp3) is 0.200.